The van der Waals surface area contributed by atoms with Crippen molar-refractivity contribution < 1.29 is 9.15 Å². The first-order valence-corrected chi connectivity index (χ1v) is 13.6. The lowest BCUT2D eigenvalue weighted by molar-refractivity contribution is 0.255. The molecular formula is C24H31Cl2O3S+. The average Bonchev–Trinajstić information content (AvgIpc) is 2.75. The second-order valence-corrected chi connectivity index (χ2v) is 11.0. The van der Waals surface area contributed by atoms with Gasteiger partial charge in [0.1, 0.15) is 5.58 Å². The van der Waals surface area contributed by atoms with E-state index in [2.05, 4.69) is 6.92 Å². The Morgan fingerprint density at radius 2 is 1.63 bits per heavy atom. The topological polar surface area (TPSA) is 39.4 Å². The minimum atomic E-state index is -0.939. The van der Waals surface area contributed by atoms with Crippen LogP contribution < -0.4 is 5.43 Å². The number of benzene rings is 1. The number of hydrogen-bond acceptors (Lipinski definition) is 3. The molecule has 0 amide bonds. The van der Waals surface area contributed by atoms with Crippen LogP contribution in [0.2, 0.25) is 0 Å². The van der Waals surface area contributed by atoms with E-state index in [1.165, 1.54) is 51.4 Å². The summed E-state index contributed by atoms with van der Waals surface area (Å²) in [4.78, 5) is 13.4. The van der Waals surface area contributed by atoms with E-state index >= 15 is 0 Å². The number of fused-ring (bicyclic) bond motifs is 2. The molecule has 2 atom stereocenters. The van der Waals surface area contributed by atoms with Crippen molar-refractivity contribution in [3.8, 4) is 0 Å². The zero-order valence-electron chi connectivity index (χ0n) is 17.6. The van der Waals surface area contributed by atoms with E-state index in [1.807, 2.05) is 12.1 Å². The van der Waals surface area contributed by atoms with Gasteiger partial charge in [-0.2, -0.15) is 0 Å². The Kier molecular flexibility index (Phi) is 9.48. The first kappa shape index (κ1) is 23.6. The molecule has 2 heterocycles. The van der Waals surface area contributed by atoms with Gasteiger partial charge in [0.05, 0.1) is 12.0 Å². The van der Waals surface area contributed by atoms with Crippen molar-refractivity contribution in [1.82, 2.24) is 0 Å². The molecule has 0 N–H and O–H groups in total. The Labute approximate surface area is 191 Å². The lowest BCUT2D eigenvalue weighted by Gasteiger charge is -2.17. The van der Waals surface area contributed by atoms with Crippen molar-refractivity contribution in [2.45, 2.75) is 80.7 Å². The van der Waals surface area contributed by atoms with Gasteiger partial charge in [0.2, 0.25) is 15.9 Å². The molecule has 3 nitrogen and oxygen atoms in total. The van der Waals surface area contributed by atoms with E-state index < -0.39 is 14.8 Å². The molecule has 0 radical (unpaired) electrons. The van der Waals surface area contributed by atoms with Crippen molar-refractivity contribution in [2.75, 3.05) is 6.61 Å². The lowest BCUT2D eigenvalue weighted by Crippen LogP contribution is -2.24. The Bertz CT molecular complexity index is 909. The molecule has 1 aromatic heterocycles. The lowest BCUT2D eigenvalue weighted by atomic mass is 10.1. The van der Waals surface area contributed by atoms with Gasteiger partial charge in [0.25, 0.3) is 4.90 Å². The Balaban J connectivity index is 1.52. The summed E-state index contributed by atoms with van der Waals surface area (Å²) in [6, 6.07) is 7.20. The number of unbranched alkanes of at least 4 members (excludes halogenated alkanes) is 9. The molecule has 2 aromatic rings. The average molecular weight is 470 g/mol. The second kappa shape index (κ2) is 12.1. The SMILES string of the molecule is CCCCCCCCCCCCOC1=CC(Cl)[S+](Cl)c2c1oc1ccccc1c2=O. The van der Waals surface area contributed by atoms with Crippen LogP contribution >= 0.6 is 22.3 Å². The molecule has 0 bridgehead atoms. The van der Waals surface area contributed by atoms with Crippen LogP contribution in [0.25, 0.3) is 16.7 Å². The van der Waals surface area contributed by atoms with Crippen LogP contribution in [-0.2, 0) is 14.8 Å². The molecule has 0 spiro atoms. The van der Waals surface area contributed by atoms with Gasteiger partial charge in [-0.15, -0.1) is 0 Å². The van der Waals surface area contributed by atoms with Gasteiger partial charge in [-0.25, -0.2) is 0 Å². The van der Waals surface area contributed by atoms with Gasteiger partial charge in [0, 0.05) is 6.08 Å². The highest BCUT2D eigenvalue weighted by Crippen LogP contribution is 2.38. The van der Waals surface area contributed by atoms with Crippen LogP contribution in [0.1, 0.15) is 76.9 Å². The van der Waals surface area contributed by atoms with Crippen LogP contribution in [0.15, 0.2) is 44.4 Å². The number of para-hydroxylation sites is 1. The standard InChI is InChI=1S/C24H31Cl2O3S/c1-2-3-4-5-6-7-8-9-10-13-16-28-20-17-21(25)30(26)24-22(27)18-14-11-12-15-19(18)29-23(20)24/h11-12,14-15,17,21H,2-10,13,16H2,1H3/q+1. The first-order valence-electron chi connectivity index (χ1n) is 11.1. The molecular weight excluding hydrogens is 439 g/mol. The van der Waals surface area contributed by atoms with Gasteiger partial charge in [-0.05, 0) is 18.6 Å². The van der Waals surface area contributed by atoms with E-state index in [9.17, 15) is 4.79 Å². The van der Waals surface area contributed by atoms with E-state index in [0.29, 0.717) is 34.0 Å². The first-order chi connectivity index (χ1) is 14.6. The fraction of sp³-hybridized carbons (Fsp3) is 0.542. The quantitative estimate of drug-likeness (QED) is 0.181. The highest BCUT2D eigenvalue weighted by molar-refractivity contribution is 8.19. The summed E-state index contributed by atoms with van der Waals surface area (Å²) >= 11 is 6.40. The van der Waals surface area contributed by atoms with Gasteiger partial charge < -0.3 is 9.15 Å². The van der Waals surface area contributed by atoms with E-state index in [4.69, 9.17) is 31.4 Å². The Hall–Kier alpha value is -1.10. The molecule has 0 fully saturated rings. The molecule has 164 valence electrons. The molecule has 0 saturated carbocycles. The zero-order valence-corrected chi connectivity index (χ0v) is 20.0. The summed E-state index contributed by atoms with van der Waals surface area (Å²) in [6.45, 7) is 2.83. The van der Waals surface area contributed by atoms with Gasteiger partial charge in [-0.1, -0.05) is 88.4 Å². The van der Waals surface area contributed by atoms with E-state index in [1.54, 1.807) is 18.2 Å². The molecule has 30 heavy (non-hydrogen) atoms. The minimum Gasteiger partial charge on any atom is -0.490 e. The maximum Gasteiger partial charge on any atom is 0.270 e. The number of rotatable bonds is 12. The van der Waals surface area contributed by atoms with Gasteiger partial charge in [-0.3, -0.25) is 4.79 Å². The smallest absolute Gasteiger partial charge is 0.270 e. The fourth-order valence-corrected chi connectivity index (χ4v) is 5.75. The van der Waals surface area contributed by atoms with Crippen LogP contribution in [0, 0.1) is 0 Å². The molecule has 0 saturated heterocycles. The third-order valence-corrected chi connectivity index (χ3v) is 8.68. The molecule has 2 unspecified atom stereocenters. The minimum absolute atomic E-state index is 0.121. The van der Waals surface area contributed by atoms with Crippen molar-refractivity contribution in [1.29, 1.82) is 0 Å². The van der Waals surface area contributed by atoms with Crippen LogP contribution in [0.4, 0.5) is 0 Å². The summed E-state index contributed by atoms with van der Waals surface area (Å²) < 4.78 is 11.5. The summed E-state index contributed by atoms with van der Waals surface area (Å²) in [6.07, 6.45) is 14.5. The molecule has 0 aliphatic carbocycles. The normalized spacial score (nSPS) is 18.3. The molecule has 6 heteroatoms. The molecule has 3 rings (SSSR count). The van der Waals surface area contributed by atoms with Gasteiger partial charge in [0.15, 0.2) is 26.6 Å². The van der Waals surface area contributed by atoms with Crippen molar-refractivity contribution >= 4 is 49.1 Å². The van der Waals surface area contributed by atoms with Crippen LogP contribution in [0.5, 0.6) is 0 Å². The summed E-state index contributed by atoms with van der Waals surface area (Å²) in [5, 5.41) is 0.522. The zero-order chi connectivity index (χ0) is 21.3. The third-order valence-electron chi connectivity index (χ3n) is 5.41. The number of hydrogen-bond donors (Lipinski definition) is 0. The number of ether oxygens (including phenoxy) is 1. The van der Waals surface area contributed by atoms with Crippen LogP contribution in [-0.4, -0.2) is 11.3 Å². The molecule has 1 aliphatic heterocycles. The van der Waals surface area contributed by atoms with Crippen molar-refractivity contribution in [2.24, 2.45) is 0 Å². The number of halogens is 2. The predicted molar refractivity (Wildman–Crippen MR) is 129 cm³/mol. The second-order valence-electron chi connectivity index (χ2n) is 7.78. The van der Waals surface area contributed by atoms with Crippen molar-refractivity contribution in [3.63, 3.8) is 0 Å². The van der Waals surface area contributed by atoms with E-state index in [-0.39, 0.29) is 5.43 Å². The largest absolute Gasteiger partial charge is 0.490 e. The predicted octanol–water partition coefficient (Wildman–Crippen LogP) is 7.78. The maximum absolute atomic E-state index is 13.0. The van der Waals surface area contributed by atoms with E-state index in [0.717, 1.165) is 12.8 Å². The summed E-state index contributed by atoms with van der Waals surface area (Å²) in [7, 11) is 5.54. The highest BCUT2D eigenvalue weighted by atomic mass is 35.7. The van der Waals surface area contributed by atoms with Gasteiger partial charge >= 0.3 is 0 Å². The summed E-state index contributed by atoms with van der Waals surface area (Å²) in [5.74, 6) is 0.967. The summed E-state index contributed by atoms with van der Waals surface area (Å²) in [5.41, 5.74) is 0.417. The fourth-order valence-electron chi connectivity index (χ4n) is 3.72. The van der Waals surface area contributed by atoms with Crippen molar-refractivity contribution in [3.05, 3.63) is 46.3 Å². The number of alkyl halides is 1. The Morgan fingerprint density at radius 1 is 1.00 bits per heavy atom. The van der Waals surface area contributed by atoms with Crippen LogP contribution in [0.3, 0.4) is 0 Å². The Morgan fingerprint density at radius 3 is 2.33 bits per heavy atom. The molecule has 1 aliphatic rings. The molecule has 1 aromatic carbocycles. The monoisotopic (exact) mass is 469 g/mol. The maximum atomic E-state index is 13.0. The highest BCUT2D eigenvalue weighted by Gasteiger charge is 2.43. The third kappa shape index (κ3) is 5.99.